The van der Waals surface area contributed by atoms with Gasteiger partial charge in [-0.05, 0) is 19.4 Å². The van der Waals surface area contributed by atoms with Gasteiger partial charge in [0.2, 0.25) is 5.91 Å². The minimum Gasteiger partial charge on any atom is -0.481 e. The lowest BCUT2D eigenvalue weighted by Crippen LogP contribution is -2.50. The molecule has 3 heterocycles. The summed E-state index contributed by atoms with van der Waals surface area (Å²) in [5.41, 5.74) is 1.44. The Hall–Kier alpha value is -2.48. The van der Waals surface area contributed by atoms with Crippen molar-refractivity contribution in [3.05, 3.63) is 36.0 Å². The monoisotopic (exact) mass is 387 g/mol. The number of likely N-dealkylation sites (tertiary alicyclic amines) is 1. The lowest BCUT2D eigenvalue weighted by Gasteiger charge is -2.30. The van der Waals surface area contributed by atoms with Crippen LogP contribution in [0.1, 0.15) is 23.7 Å². The second-order valence-corrected chi connectivity index (χ2v) is 8.04. The summed E-state index contributed by atoms with van der Waals surface area (Å²) in [5.74, 6) is -0.735. The Kier molecular flexibility index (Phi) is 4.59. The van der Waals surface area contributed by atoms with Crippen LogP contribution in [0.15, 0.2) is 30.5 Å². The highest BCUT2D eigenvalue weighted by molar-refractivity contribution is 7.99. The number of nitrogens with zero attached hydrogens (tertiary/aromatic N) is 2. The van der Waals surface area contributed by atoms with E-state index in [9.17, 15) is 19.5 Å². The van der Waals surface area contributed by atoms with E-state index in [4.69, 9.17) is 0 Å². The highest BCUT2D eigenvalue weighted by Crippen LogP contribution is 2.31. The average Bonchev–Trinajstić information content (AvgIpc) is 3.38. The Morgan fingerprint density at radius 2 is 2.00 bits per heavy atom. The molecule has 0 aliphatic carbocycles. The zero-order valence-electron chi connectivity index (χ0n) is 14.9. The first-order chi connectivity index (χ1) is 13.0. The zero-order chi connectivity index (χ0) is 19.1. The van der Waals surface area contributed by atoms with Crippen molar-refractivity contribution in [1.82, 2.24) is 14.8 Å². The molecule has 27 heavy (non-hydrogen) atoms. The predicted molar refractivity (Wildman–Crippen MR) is 102 cm³/mol. The number of benzene rings is 1. The first kappa shape index (κ1) is 17.9. The Balaban J connectivity index is 1.56. The Bertz CT molecular complexity index is 911. The van der Waals surface area contributed by atoms with Crippen LogP contribution < -0.4 is 0 Å². The third-order valence-electron chi connectivity index (χ3n) is 5.60. The molecule has 3 atom stereocenters. The van der Waals surface area contributed by atoms with Crippen molar-refractivity contribution in [3.63, 3.8) is 0 Å². The first-order valence-electron chi connectivity index (χ1n) is 8.97. The summed E-state index contributed by atoms with van der Waals surface area (Å²) in [4.78, 5) is 43.9. The maximum absolute atomic E-state index is 13.1. The number of fused-ring (bicyclic) bond motifs is 1. The van der Waals surface area contributed by atoms with Crippen LogP contribution in [-0.4, -0.2) is 67.9 Å². The van der Waals surface area contributed by atoms with Crippen molar-refractivity contribution in [3.8, 4) is 0 Å². The van der Waals surface area contributed by atoms with E-state index in [1.54, 1.807) is 34.7 Å². The van der Waals surface area contributed by atoms with Gasteiger partial charge in [0.15, 0.2) is 0 Å². The fourth-order valence-corrected chi connectivity index (χ4v) is 5.17. The number of para-hydroxylation sites is 1. The van der Waals surface area contributed by atoms with Crippen LogP contribution in [-0.2, 0) is 9.59 Å². The van der Waals surface area contributed by atoms with E-state index in [2.05, 4.69) is 4.98 Å². The van der Waals surface area contributed by atoms with Crippen molar-refractivity contribution in [2.45, 2.75) is 25.4 Å². The van der Waals surface area contributed by atoms with Crippen LogP contribution >= 0.6 is 11.8 Å². The maximum Gasteiger partial charge on any atom is 0.308 e. The molecule has 3 unspecified atom stereocenters. The Morgan fingerprint density at radius 1 is 1.22 bits per heavy atom. The van der Waals surface area contributed by atoms with Gasteiger partial charge in [0.25, 0.3) is 5.91 Å². The number of amides is 2. The second kappa shape index (κ2) is 6.92. The summed E-state index contributed by atoms with van der Waals surface area (Å²) < 4.78 is 0. The molecule has 0 bridgehead atoms. The van der Waals surface area contributed by atoms with Gasteiger partial charge in [-0.25, -0.2) is 0 Å². The van der Waals surface area contributed by atoms with E-state index < -0.39 is 17.9 Å². The van der Waals surface area contributed by atoms with Crippen LogP contribution in [0.3, 0.4) is 0 Å². The second-order valence-electron chi connectivity index (χ2n) is 7.04. The van der Waals surface area contributed by atoms with Crippen LogP contribution in [0.25, 0.3) is 10.9 Å². The largest absolute Gasteiger partial charge is 0.481 e. The van der Waals surface area contributed by atoms with E-state index in [-0.39, 0.29) is 17.9 Å². The standard InChI is InChI=1S/C19H21N3O4S/c1-11-12(19(25)26)6-7-21(11)18(24)16-9-27-10-22(16)17(23)14-8-20-15-5-3-2-4-13(14)15/h2-5,8,11-12,16,20H,6-7,9-10H2,1H3,(H,25,26). The summed E-state index contributed by atoms with van der Waals surface area (Å²) >= 11 is 1.55. The highest BCUT2D eigenvalue weighted by atomic mass is 32.2. The van der Waals surface area contributed by atoms with Gasteiger partial charge in [0.05, 0.1) is 17.4 Å². The molecule has 0 spiro atoms. The highest BCUT2D eigenvalue weighted by Gasteiger charge is 2.44. The molecular weight excluding hydrogens is 366 g/mol. The third kappa shape index (κ3) is 2.97. The number of carboxylic acid groups (broad SMARTS) is 1. The summed E-state index contributed by atoms with van der Waals surface area (Å²) in [6, 6.07) is 6.67. The molecule has 4 rings (SSSR count). The van der Waals surface area contributed by atoms with Crippen molar-refractivity contribution < 1.29 is 19.5 Å². The molecular formula is C19H21N3O4S. The number of carbonyl (C=O) groups is 3. The molecule has 0 radical (unpaired) electrons. The van der Waals surface area contributed by atoms with Crippen molar-refractivity contribution >= 4 is 40.4 Å². The van der Waals surface area contributed by atoms with Gasteiger partial charge in [-0.1, -0.05) is 18.2 Å². The molecule has 2 aliphatic heterocycles. The van der Waals surface area contributed by atoms with E-state index in [0.717, 1.165) is 10.9 Å². The summed E-state index contributed by atoms with van der Waals surface area (Å²) in [7, 11) is 0. The van der Waals surface area contributed by atoms with Crippen molar-refractivity contribution in [2.75, 3.05) is 18.2 Å². The maximum atomic E-state index is 13.1. The van der Waals surface area contributed by atoms with E-state index in [1.165, 1.54) is 0 Å². The fraction of sp³-hybridized carbons (Fsp3) is 0.421. The van der Waals surface area contributed by atoms with Crippen LogP contribution in [0.4, 0.5) is 0 Å². The van der Waals surface area contributed by atoms with Gasteiger partial charge in [-0.2, -0.15) is 0 Å². The van der Waals surface area contributed by atoms with E-state index in [1.807, 2.05) is 24.3 Å². The molecule has 0 saturated carbocycles. The number of aliphatic carboxylic acids is 1. The molecule has 2 aliphatic rings. The number of hydrogen-bond acceptors (Lipinski definition) is 4. The van der Waals surface area contributed by atoms with E-state index in [0.29, 0.717) is 30.2 Å². The third-order valence-corrected chi connectivity index (χ3v) is 6.62. The van der Waals surface area contributed by atoms with Crippen molar-refractivity contribution in [2.24, 2.45) is 5.92 Å². The molecule has 1 aromatic carbocycles. The smallest absolute Gasteiger partial charge is 0.308 e. The first-order valence-corrected chi connectivity index (χ1v) is 10.1. The number of thioether (sulfide) groups is 1. The molecule has 1 aromatic heterocycles. The van der Waals surface area contributed by atoms with E-state index >= 15 is 0 Å². The molecule has 2 N–H and O–H groups in total. The van der Waals surface area contributed by atoms with Gasteiger partial charge in [-0.15, -0.1) is 11.8 Å². The molecule has 2 aromatic rings. The van der Waals surface area contributed by atoms with Crippen molar-refractivity contribution in [1.29, 1.82) is 0 Å². The molecule has 2 amide bonds. The van der Waals surface area contributed by atoms with Gasteiger partial charge < -0.3 is 19.9 Å². The number of aromatic amines is 1. The molecule has 7 nitrogen and oxygen atoms in total. The van der Waals surface area contributed by atoms with Crippen LogP contribution in [0, 0.1) is 5.92 Å². The Labute approximate surface area is 160 Å². The predicted octanol–water partition coefficient (Wildman–Crippen LogP) is 2.00. The van der Waals surface area contributed by atoms with Gasteiger partial charge >= 0.3 is 5.97 Å². The lowest BCUT2D eigenvalue weighted by atomic mass is 10.0. The zero-order valence-corrected chi connectivity index (χ0v) is 15.7. The quantitative estimate of drug-likeness (QED) is 0.840. The summed E-state index contributed by atoms with van der Waals surface area (Å²) in [5, 5.41) is 10.1. The molecule has 8 heteroatoms. The minimum absolute atomic E-state index is 0.149. The summed E-state index contributed by atoms with van der Waals surface area (Å²) in [6.07, 6.45) is 2.15. The van der Waals surface area contributed by atoms with Crippen LogP contribution in [0.2, 0.25) is 0 Å². The fourth-order valence-electron chi connectivity index (χ4n) is 4.02. The normalized spacial score (nSPS) is 25.3. The lowest BCUT2D eigenvalue weighted by molar-refractivity contribution is -0.143. The number of hydrogen-bond donors (Lipinski definition) is 2. The SMILES string of the molecule is CC1C(C(=O)O)CCN1C(=O)C1CSCN1C(=O)c1c[nH]c2ccccc12. The number of carbonyl (C=O) groups excluding carboxylic acids is 2. The summed E-state index contributed by atoms with van der Waals surface area (Å²) in [6.45, 7) is 2.20. The minimum atomic E-state index is -0.870. The Morgan fingerprint density at radius 3 is 2.74 bits per heavy atom. The average molecular weight is 387 g/mol. The number of carboxylic acids is 1. The topological polar surface area (TPSA) is 93.7 Å². The van der Waals surface area contributed by atoms with Gasteiger partial charge in [0, 0.05) is 35.4 Å². The number of rotatable bonds is 3. The van der Waals surface area contributed by atoms with Gasteiger partial charge in [0.1, 0.15) is 6.04 Å². The molecule has 2 fully saturated rings. The number of nitrogens with one attached hydrogen (secondary N) is 1. The number of aromatic nitrogens is 1. The molecule has 142 valence electrons. The number of H-pyrrole nitrogens is 1. The van der Waals surface area contributed by atoms with Crippen LogP contribution in [0.5, 0.6) is 0 Å². The van der Waals surface area contributed by atoms with Gasteiger partial charge in [-0.3, -0.25) is 14.4 Å². The molecule has 2 saturated heterocycles.